The summed E-state index contributed by atoms with van der Waals surface area (Å²) in [6, 6.07) is 1.10. The molecule has 6 heteroatoms. The van der Waals surface area contributed by atoms with Crippen molar-refractivity contribution in [1.82, 2.24) is 15.0 Å². The topological polar surface area (TPSA) is 64.7 Å². The molecule has 0 radical (unpaired) electrons. The Hall–Kier alpha value is -1.23. The molecule has 0 fully saturated rings. The molecule has 0 aliphatic heterocycles. The van der Waals surface area contributed by atoms with Crippen LogP contribution in [0.4, 0.5) is 0 Å². The Morgan fingerprint density at radius 3 is 2.56 bits per heavy atom. The molecule has 0 saturated carbocycles. The van der Waals surface area contributed by atoms with Gasteiger partial charge in [-0.1, -0.05) is 23.2 Å². The molecule has 0 amide bonds. The predicted octanol–water partition coefficient (Wildman–Crippen LogP) is 2.23. The first-order valence-electron chi connectivity index (χ1n) is 4.51. The molecule has 1 unspecified atom stereocenters. The maximum absolute atomic E-state index is 6.00. The van der Waals surface area contributed by atoms with Crippen LogP contribution in [-0.2, 0) is 0 Å². The first-order valence-corrected chi connectivity index (χ1v) is 5.26. The van der Waals surface area contributed by atoms with Gasteiger partial charge < -0.3 is 5.73 Å². The summed E-state index contributed by atoms with van der Waals surface area (Å²) in [5.41, 5.74) is 7.12. The molecule has 1 atom stereocenters. The van der Waals surface area contributed by atoms with Gasteiger partial charge in [-0.2, -0.15) is 0 Å². The average Bonchev–Trinajstić information content (AvgIpc) is 2.29. The number of halogens is 2. The van der Waals surface area contributed by atoms with Gasteiger partial charge in [0.2, 0.25) is 0 Å². The van der Waals surface area contributed by atoms with Gasteiger partial charge in [-0.3, -0.25) is 15.0 Å². The fourth-order valence-electron chi connectivity index (χ4n) is 1.27. The molecule has 2 rings (SSSR count). The van der Waals surface area contributed by atoms with Crippen LogP contribution in [0.15, 0.2) is 30.9 Å². The third-order valence-corrected chi connectivity index (χ3v) is 2.54. The van der Waals surface area contributed by atoms with E-state index in [1.54, 1.807) is 24.7 Å². The highest BCUT2D eigenvalue weighted by Crippen LogP contribution is 2.25. The van der Waals surface area contributed by atoms with Crippen molar-refractivity contribution in [1.29, 1.82) is 0 Å². The lowest BCUT2D eigenvalue weighted by Gasteiger charge is -2.11. The molecule has 0 aliphatic rings. The maximum atomic E-state index is 6.00. The van der Waals surface area contributed by atoms with E-state index < -0.39 is 6.04 Å². The van der Waals surface area contributed by atoms with E-state index in [1.807, 2.05) is 0 Å². The average molecular weight is 255 g/mol. The summed E-state index contributed by atoms with van der Waals surface area (Å²) in [5.74, 6) is 0. The van der Waals surface area contributed by atoms with Crippen molar-refractivity contribution in [2.24, 2.45) is 5.73 Å². The summed E-state index contributed by atoms with van der Waals surface area (Å²) in [6.45, 7) is 0. The summed E-state index contributed by atoms with van der Waals surface area (Å²) in [7, 11) is 0. The molecule has 0 saturated heterocycles. The maximum Gasteiger partial charge on any atom is 0.0931 e. The highest BCUT2D eigenvalue weighted by molar-refractivity contribution is 6.34. The first kappa shape index (κ1) is 11.3. The molecule has 0 aromatic carbocycles. The minimum absolute atomic E-state index is 0.422. The highest BCUT2D eigenvalue weighted by atomic mass is 35.5. The van der Waals surface area contributed by atoms with Crippen LogP contribution in [0.5, 0.6) is 0 Å². The molecule has 0 spiro atoms. The molecule has 0 aliphatic carbocycles. The van der Waals surface area contributed by atoms with E-state index in [0.29, 0.717) is 21.4 Å². The van der Waals surface area contributed by atoms with E-state index in [4.69, 9.17) is 28.9 Å². The fourth-order valence-corrected chi connectivity index (χ4v) is 1.76. The van der Waals surface area contributed by atoms with Crippen molar-refractivity contribution >= 4 is 23.2 Å². The van der Waals surface area contributed by atoms with Gasteiger partial charge in [-0.15, -0.1) is 0 Å². The van der Waals surface area contributed by atoms with E-state index in [1.165, 1.54) is 6.20 Å². The number of aromatic nitrogens is 3. The van der Waals surface area contributed by atoms with Gasteiger partial charge in [0, 0.05) is 18.6 Å². The van der Waals surface area contributed by atoms with Gasteiger partial charge in [0.25, 0.3) is 0 Å². The molecule has 2 heterocycles. The zero-order valence-electron chi connectivity index (χ0n) is 8.14. The third kappa shape index (κ3) is 2.29. The van der Waals surface area contributed by atoms with Crippen LogP contribution in [0.2, 0.25) is 10.0 Å². The Morgan fingerprint density at radius 1 is 1.12 bits per heavy atom. The Bertz CT molecular complexity index is 489. The number of rotatable bonds is 2. The predicted molar refractivity (Wildman–Crippen MR) is 62.3 cm³/mol. The quantitative estimate of drug-likeness (QED) is 0.893. The van der Waals surface area contributed by atoms with Gasteiger partial charge in [0.15, 0.2) is 0 Å². The lowest BCUT2D eigenvalue weighted by molar-refractivity contribution is 0.786. The summed E-state index contributed by atoms with van der Waals surface area (Å²) in [5, 5.41) is 0.894. The molecule has 2 aromatic rings. The lowest BCUT2D eigenvalue weighted by atomic mass is 10.1. The van der Waals surface area contributed by atoms with Crippen LogP contribution in [0.1, 0.15) is 17.4 Å². The van der Waals surface area contributed by atoms with Crippen LogP contribution in [0.25, 0.3) is 0 Å². The fraction of sp³-hybridized carbons (Fsp3) is 0.100. The molecule has 2 aromatic heterocycles. The smallest absolute Gasteiger partial charge is 0.0931 e. The Labute approximate surface area is 102 Å². The van der Waals surface area contributed by atoms with Crippen molar-refractivity contribution in [2.45, 2.75) is 6.04 Å². The SMILES string of the molecule is NC(c1cnccn1)c1ncc(Cl)cc1Cl. The van der Waals surface area contributed by atoms with Crippen molar-refractivity contribution in [3.05, 3.63) is 52.3 Å². The van der Waals surface area contributed by atoms with E-state index >= 15 is 0 Å². The van der Waals surface area contributed by atoms with E-state index in [9.17, 15) is 0 Å². The summed E-state index contributed by atoms with van der Waals surface area (Å²) in [6.07, 6.45) is 6.22. The van der Waals surface area contributed by atoms with Crippen LogP contribution in [-0.4, -0.2) is 15.0 Å². The van der Waals surface area contributed by atoms with Crippen molar-refractivity contribution in [3.63, 3.8) is 0 Å². The highest BCUT2D eigenvalue weighted by Gasteiger charge is 2.15. The van der Waals surface area contributed by atoms with E-state index in [-0.39, 0.29) is 0 Å². The molecule has 82 valence electrons. The zero-order valence-corrected chi connectivity index (χ0v) is 9.65. The largest absolute Gasteiger partial charge is 0.318 e. The standard InChI is InChI=1S/C10H8Cl2N4/c11-6-3-7(12)10(16-4-6)9(13)8-5-14-1-2-15-8/h1-5,9H,13H2. The summed E-state index contributed by atoms with van der Waals surface area (Å²) in [4.78, 5) is 12.1. The second-order valence-corrected chi connectivity index (χ2v) is 3.97. The molecule has 2 N–H and O–H groups in total. The first-order chi connectivity index (χ1) is 7.68. The van der Waals surface area contributed by atoms with Gasteiger partial charge in [0.1, 0.15) is 0 Å². The number of nitrogens with two attached hydrogens (primary N) is 1. The summed E-state index contributed by atoms with van der Waals surface area (Å²) < 4.78 is 0. The van der Waals surface area contributed by atoms with Gasteiger partial charge in [-0.05, 0) is 6.07 Å². The van der Waals surface area contributed by atoms with Crippen LogP contribution in [0.3, 0.4) is 0 Å². The normalized spacial score (nSPS) is 12.4. The van der Waals surface area contributed by atoms with Gasteiger partial charge in [-0.25, -0.2) is 0 Å². The number of pyridine rings is 1. The molecule has 16 heavy (non-hydrogen) atoms. The van der Waals surface area contributed by atoms with E-state index in [0.717, 1.165) is 0 Å². The zero-order chi connectivity index (χ0) is 11.5. The van der Waals surface area contributed by atoms with Gasteiger partial charge >= 0.3 is 0 Å². The van der Waals surface area contributed by atoms with Crippen LogP contribution in [0, 0.1) is 0 Å². The van der Waals surface area contributed by atoms with Crippen LogP contribution < -0.4 is 5.73 Å². The van der Waals surface area contributed by atoms with Crippen molar-refractivity contribution in [3.8, 4) is 0 Å². The minimum Gasteiger partial charge on any atom is -0.318 e. The third-order valence-electron chi connectivity index (χ3n) is 2.03. The van der Waals surface area contributed by atoms with Crippen molar-refractivity contribution < 1.29 is 0 Å². The Balaban J connectivity index is 2.38. The second-order valence-electron chi connectivity index (χ2n) is 3.13. The number of hydrogen-bond donors (Lipinski definition) is 1. The monoisotopic (exact) mass is 254 g/mol. The lowest BCUT2D eigenvalue weighted by Crippen LogP contribution is -2.15. The molecular weight excluding hydrogens is 247 g/mol. The molecule has 4 nitrogen and oxygen atoms in total. The van der Waals surface area contributed by atoms with Crippen LogP contribution >= 0.6 is 23.2 Å². The second kappa shape index (κ2) is 4.74. The summed E-state index contributed by atoms with van der Waals surface area (Å²) >= 11 is 11.8. The Kier molecular flexibility index (Phi) is 3.33. The minimum atomic E-state index is -0.501. The van der Waals surface area contributed by atoms with E-state index in [2.05, 4.69) is 15.0 Å². The Morgan fingerprint density at radius 2 is 1.94 bits per heavy atom. The number of hydrogen-bond acceptors (Lipinski definition) is 4. The number of nitrogens with zero attached hydrogens (tertiary/aromatic N) is 3. The van der Waals surface area contributed by atoms with Crippen molar-refractivity contribution in [2.75, 3.05) is 0 Å². The van der Waals surface area contributed by atoms with Gasteiger partial charge in [0.05, 0.1) is 33.7 Å². The molecule has 0 bridgehead atoms. The molecular formula is C10H8Cl2N4.